The number of hydrogen-bond donors (Lipinski definition) is 1. The summed E-state index contributed by atoms with van der Waals surface area (Å²) in [5.74, 6) is -3.24. The normalized spacial score (nSPS) is 11.1. The van der Waals surface area contributed by atoms with Gasteiger partial charge in [-0.25, -0.2) is 17.2 Å². The number of nitro groups is 1. The van der Waals surface area contributed by atoms with Crippen LogP contribution in [-0.2, 0) is 14.8 Å². The zero-order valence-corrected chi connectivity index (χ0v) is 15.1. The van der Waals surface area contributed by atoms with Crippen molar-refractivity contribution in [3.8, 4) is 0 Å². The highest BCUT2D eigenvalue weighted by Crippen LogP contribution is 2.25. The van der Waals surface area contributed by atoms with Crippen molar-refractivity contribution in [1.29, 1.82) is 0 Å². The maximum absolute atomic E-state index is 13.4. The summed E-state index contributed by atoms with van der Waals surface area (Å²) in [7, 11) is -3.99. The molecule has 0 aliphatic heterocycles. The van der Waals surface area contributed by atoms with Crippen LogP contribution in [0.2, 0.25) is 0 Å². The molecule has 1 N–H and O–H groups in total. The number of benzene rings is 2. The van der Waals surface area contributed by atoms with Gasteiger partial charge in [-0.1, -0.05) is 6.07 Å². The molecule has 0 heterocycles. The van der Waals surface area contributed by atoms with E-state index in [1.54, 1.807) is 0 Å². The van der Waals surface area contributed by atoms with E-state index >= 15 is 0 Å². The Bertz CT molecular complexity index is 1010. The quantitative estimate of drug-likeness (QED) is 0.593. The minimum absolute atomic E-state index is 0.132. The molecule has 0 aromatic heterocycles. The molecule has 0 bridgehead atoms. The minimum atomic E-state index is -3.99. The summed E-state index contributed by atoms with van der Waals surface area (Å²) in [5, 5.41) is 13.3. The predicted octanol–water partition coefficient (Wildman–Crippen LogP) is 2.59. The van der Waals surface area contributed by atoms with Gasteiger partial charge in [-0.05, 0) is 25.1 Å². The van der Waals surface area contributed by atoms with Gasteiger partial charge in [0.05, 0.1) is 28.1 Å². The van der Waals surface area contributed by atoms with E-state index in [4.69, 9.17) is 0 Å². The van der Waals surface area contributed by atoms with E-state index in [-0.39, 0.29) is 22.6 Å². The van der Waals surface area contributed by atoms with Crippen molar-refractivity contribution in [3.05, 3.63) is 63.7 Å². The van der Waals surface area contributed by atoms with Crippen molar-refractivity contribution < 1.29 is 26.9 Å². The average Bonchev–Trinajstić information content (AvgIpc) is 2.56. The van der Waals surface area contributed by atoms with Crippen LogP contribution in [0.3, 0.4) is 0 Å². The van der Waals surface area contributed by atoms with Gasteiger partial charge in [0.15, 0.2) is 11.6 Å². The fourth-order valence-electron chi connectivity index (χ4n) is 2.32. The third-order valence-corrected chi connectivity index (χ3v) is 4.80. The maximum Gasteiger partial charge on any atom is 0.274 e. The smallest absolute Gasteiger partial charge is 0.274 e. The molecule has 0 radical (unpaired) electrons. The first-order valence-corrected chi connectivity index (χ1v) is 9.32. The molecule has 11 heteroatoms. The second-order valence-corrected chi connectivity index (χ2v) is 7.53. The van der Waals surface area contributed by atoms with E-state index in [0.29, 0.717) is 10.4 Å². The first-order chi connectivity index (χ1) is 12.5. The zero-order valence-electron chi connectivity index (χ0n) is 14.3. The van der Waals surface area contributed by atoms with Crippen LogP contribution in [0, 0.1) is 28.7 Å². The number of carbonyl (C=O) groups excluding carboxylic acids is 1. The van der Waals surface area contributed by atoms with Crippen LogP contribution in [-0.4, -0.2) is 32.0 Å². The van der Waals surface area contributed by atoms with Gasteiger partial charge in [0.1, 0.15) is 6.54 Å². The summed E-state index contributed by atoms with van der Waals surface area (Å²) in [6.45, 7) is 0.698. The molecule has 0 spiro atoms. The van der Waals surface area contributed by atoms with Gasteiger partial charge in [0, 0.05) is 12.1 Å². The number of sulfonamides is 1. The Balaban J connectivity index is 2.29. The molecule has 1 amide bonds. The number of nitrogens with one attached hydrogen (secondary N) is 1. The number of nitrogens with zero attached hydrogens (tertiary/aromatic N) is 2. The molecular weight excluding hydrogens is 384 g/mol. The molecule has 8 nitrogen and oxygen atoms in total. The number of anilines is 2. The Labute approximate surface area is 153 Å². The van der Waals surface area contributed by atoms with Crippen LogP contribution < -0.4 is 9.62 Å². The molecule has 0 aliphatic carbocycles. The van der Waals surface area contributed by atoms with E-state index in [2.05, 4.69) is 5.32 Å². The fourth-order valence-corrected chi connectivity index (χ4v) is 3.17. The van der Waals surface area contributed by atoms with E-state index in [1.165, 1.54) is 25.1 Å². The molecule has 0 saturated carbocycles. The Kier molecular flexibility index (Phi) is 5.74. The maximum atomic E-state index is 13.4. The molecule has 0 atom stereocenters. The highest BCUT2D eigenvalue weighted by molar-refractivity contribution is 7.92. The Morgan fingerprint density at radius 2 is 1.89 bits per heavy atom. The van der Waals surface area contributed by atoms with Crippen molar-refractivity contribution in [2.75, 3.05) is 22.4 Å². The van der Waals surface area contributed by atoms with Crippen molar-refractivity contribution in [3.63, 3.8) is 0 Å². The van der Waals surface area contributed by atoms with Crippen LogP contribution in [0.1, 0.15) is 5.56 Å². The Hall–Kier alpha value is -3.08. The number of hydrogen-bond acceptors (Lipinski definition) is 5. The molecular formula is C16H15F2N3O5S. The lowest BCUT2D eigenvalue weighted by atomic mass is 10.1. The van der Waals surface area contributed by atoms with Gasteiger partial charge >= 0.3 is 0 Å². The van der Waals surface area contributed by atoms with Crippen LogP contribution in [0.4, 0.5) is 25.8 Å². The average molecular weight is 399 g/mol. The van der Waals surface area contributed by atoms with Crippen molar-refractivity contribution in [1.82, 2.24) is 0 Å². The van der Waals surface area contributed by atoms with E-state index in [9.17, 15) is 32.1 Å². The standard InChI is InChI=1S/C16H15F2N3O5S/c1-10-14(4-3-5-15(10)21(23)24)19-16(22)9-20(27(2,25)26)11-6-7-12(17)13(18)8-11/h3-8H,9H2,1-2H3,(H,19,22). The van der Waals surface area contributed by atoms with Gasteiger partial charge in [-0.2, -0.15) is 0 Å². The van der Waals surface area contributed by atoms with Gasteiger partial charge in [-0.15, -0.1) is 0 Å². The first-order valence-electron chi connectivity index (χ1n) is 7.47. The third kappa shape index (κ3) is 4.76. The monoisotopic (exact) mass is 399 g/mol. The molecule has 2 aromatic carbocycles. The molecule has 2 rings (SSSR count). The van der Waals surface area contributed by atoms with Gasteiger partial charge in [0.2, 0.25) is 15.9 Å². The molecule has 0 fully saturated rings. The third-order valence-electron chi connectivity index (χ3n) is 3.65. The molecule has 2 aromatic rings. The number of amides is 1. The Morgan fingerprint density at radius 3 is 2.44 bits per heavy atom. The lowest BCUT2D eigenvalue weighted by Gasteiger charge is -2.22. The Morgan fingerprint density at radius 1 is 1.22 bits per heavy atom. The molecule has 0 unspecified atom stereocenters. The summed E-state index contributed by atoms with van der Waals surface area (Å²) < 4.78 is 51.0. The zero-order chi connectivity index (χ0) is 20.4. The summed E-state index contributed by atoms with van der Waals surface area (Å²) in [4.78, 5) is 22.6. The summed E-state index contributed by atoms with van der Waals surface area (Å²) in [5.41, 5.74) is -0.127. The van der Waals surface area contributed by atoms with Crippen LogP contribution >= 0.6 is 0 Å². The second-order valence-electron chi connectivity index (χ2n) is 5.62. The molecule has 0 aliphatic rings. The van der Waals surface area contributed by atoms with E-state index in [1.807, 2.05) is 0 Å². The van der Waals surface area contributed by atoms with Crippen molar-refractivity contribution in [2.45, 2.75) is 6.92 Å². The lowest BCUT2D eigenvalue weighted by Crippen LogP contribution is -2.37. The number of rotatable bonds is 6. The summed E-state index contributed by atoms with van der Waals surface area (Å²) in [6.07, 6.45) is 0.806. The summed E-state index contributed by atoms with van der Waals surface area (Å²) in [6, 6.07) is 6.46. The van der Waals surface area contributed by atoms with Crippen LogP contribution in [0.15, 0.2) is 36.4 Å². The van der Waals surface area contributed by atoms with Crippen molar-refractivity contribution in [2.24, 2.45) is 0 Å². The highest BCUT2D eigenvalue weighted by atomic mass is 32.2. The number of nitro benzene ring substituents is 1. The largest absolute Gasteiger partial charge is 0.324 e. The lowest BCUT2D eigenvalue weighted by molar-refractivity contribution is -0.385. The minimum Gasteiger partial charge on any atom is -0.324 e. The summed E-state index contributed by atoms with van der Waals surface area (Å²) >= 11 is 0. The molecule has 0 saturated heterocycles. The number of carbonyl (C=O) groups is 1. The SMILES string of the molecule is Cc1c(NC(=O)CN(c2ccc(F)c(F)c2)S(C)(=O)=O)cccc1[N+](=O)[O-]. The van der Waals surface area contributed by atoms with Crippen LogP contribution in [0.25, 0.3) is 0 Å². The van der Waals surface area contributed by atoms with E-state index < -0.39 is 39.0 Å². The van der Waals surface area contributed by atoms with Gasteiger partial charge in [-0.3, -0.25) is 19.2 Å². The highest BCUT2D eigenvalue weighted by Gasteiger charge is 2.23. The second kappa shape index (κ2) is 7.66. The first kappa shape index (κ1) is 20.2. The topological polar surface area (TPSA) is 110 Å². The fraction of sp³-hybridized carbons (Fsp3) is 0.188. The predicted molar refractivity (Wildman–Crippen MR) is 95.0 cm³/mol. The van der Waals surface area contributed by atoms with Gasteiger partial charge in [0.25, 0.3) is 5.69 Å². The number of halogens is 2. The van der Waals surface area contributed by atoms with Gasteiger partial charge < -0.3 is 5.32 Å². The molecule has 144 valence electrons. The van der Waals surface area contributed by atoms with E-state index in [0.717, 1.165) is 18.4 Å². The molecule has 27 heavy (non-hydrogen) atoms. The van der Waals surface area contributed by atoms with Crippen LogP contribution in [0.5, 0.6) is 0 Å². The van der Waals surface area contributed by atoms with Crippen molar-refractivity contribution >= 4 is 33.0 Å².